The van der Waals surface area contributed by atoms with Gasteiger partial charge in [-0.05, 0) is 29.8 Å². The summed E-state index contributed by atoms with van der Waals surface area (Å²) in [4.78, 5) is 13.7. The van der Waals surface area contributed by atoms with Crippen LogP contribution in [0.1, 0.15) is 29.5 Å². The molecule has 21 heavy (non-hydrogen) atoms. The Hall–Kier alpha value is -2.13. The van der Waals surface area contributed by atoms with Crippen molar-refractivity contribution < 1.29 is 4.79 Å². The highest BCUT2D eigenvalue weighted by molar-refractivity contribution is 5.89. The fraction of sp³-hybridized carbons (Fsp3) is 0.278. The second-order valence-electron chi connectivity index (χ2n) is 5.71. The standard InChI is InChI=1S/C18H20N2O/c1-13(21)19-18-10-6-9-15-16(11-20(2)12-17(15)18)14-7-4-3-5-8-14/h3-10,16H,11-12H2,1-2H3,(H,19,21). The predicted molar refractivity (Wildman–Crippen MR) is 85.4 cm³/mol. The summed E-state index contributed by atoms with van der Waals surface area (Å²) < 4.78 is 0. The van der Waals surface area contributed by atoms with Crippen LogP contribution in [0.3, 0.4) is 0 Å². The number of anilines is 1. The summed E-state index contributed by atoms with van der Waals surface area (Å²) >= 11 is 0. The summed E-state index contributed by atoms with van der Waals surface area (Å²) in [5.41, 5.74) is 4.82. The van der Waals surface area contributed by atoms with Crippen molar-refractivity contribution in [2.45, 2.75) is 19.4 Å². The molecule has 1 N–H and O–H groups in total. The van der Waals surface area contributed by atoms with E-state index in [1.54, 1.807) is 6.92 Å². The molecular formula is C18H20N2O. The number of nitrogens with one attached hydrogen (secondary N) is 1. The van der Waals surface area contributed by atoms with Crippen LogP contribution in [0.2, 0.25) is 0 Å². The highest BCUT2D eigenvalue weighted by atomic mass is 16.1. The molecule has 1 heterocycles. The minimum Gasteiger partial charge on any atom is -0.326 e. The Morgan fingerprint density at radius 1 is 1.14 bits per heavy atom. The maximum absolute atomic E-state index is 11.4. The Kier molecular flexibility index (Phi) is 3.76. The van der Waals surface area contributed by atoms with E-state index >= 15 is 0 Å². The third kappa shape index (κ3) is 2.83. The number of rotatable bonds is 2. The molecule has 2 aromatic carbocycles. The topological polar surface area (TPSA) is 32.3 Å². The van der Waals surface area contributed by atoms with E-state index in [1.807, 2.05) is 18.2 Å². The fourth-order valence-electron chi connectivity index (χ4n) is 3.13. The molecule has 3 heteroatoms. The Morgan fingerprint density at radius 3 is 2.62 bits per heavy atom. The molecule has 0 fully saturated rings. The van der Waals surface area contributed by atoms with Crippen molar-refractivity contribution in [3.05, 3.63) is 65.2 Å². The normalized spacial score (nSPS) is 18.1. The average Bonchev–Trinajstić information content (AvgIpc) is 2.47. The number of hydrogen-bond donors (Lipinski definition) is 1. The van der Waals surface area contributed by atoms with Crippen molar-refractivity contribution in [3.63, 3.8) is 0 Å². The Labute approximate surface area is 125 Å². The summed E-state index contributed by atoms with van der Waals surface area (Å²) in [5, 5.41) is 2.96. The Balaban J connectivity index is 2.07. The van der Waals surface area contributed by atoms with Crippen molar-refractivity contribution in [1.29, 1.82) is 0 Å². The van der Waals surface area contributed by atoms with Crippen LogP contribution in [0.4, 0.5) is 5.69 Å². The lowest BCUT2D eigenvalue weighted by Crippen LogP contribution is -2.31. The van der Waals surface area contributed by atoms with Gasteiger partial charge in [0.25, 0.3) is 0 Å². The van der Waals surface area contributed by atoms with Crippen molar-refractivity contribution >= 4 is 11.6 Å². The molecule has 1 atom stereocenters. The van der Waals surface area contributed by atoms with Crippen LogP contribution in [0, 0.1) is 0 Å². The predicted octanol–water partition coefficient (Wildman–Crippen LogP) is 3.22. The van der Waals surface area contributed by atoms with Crippen LogP contribution in [0.25, 0.3) is 0 Å². The number of nitrogens with zero attached hydrogens (tertiary/aromatic N) is 1. The van der Waals surface area contributed by atoms with E-state index in [4.69, 9.17) is 0 Å². The number of carbonyl (C=O) groups is 1. The van der Waals surface area contributed by atoms with Crippen molar-refractivity contribution in [2.24, 2.45) is 0 Å². The molecule has 0 aliphatic carbocycles. The van der Waals surface area contributed by atoms with Gasteiger partial charge in [-0.1, -0.05) is 42.5 Å². The molecule has 0 radical (unpaired) electrons. The largest absolute Gasteiger partial charge is 0.326 e. The summed E-state index contributed by atoms with van der Waals surface area (Å²) in [7, 11) is 2.13. The van der Waals surface area contributed by atoms with Gasteiger partial charge in [-0.15, -0.1) is 0 Å². The molecule has 3 rings (SSSR count). The number of likely N-dealkylation sites (N-methyl/N-ethyl adjacent to an activating group) is 1. The molecule has 3 nitrogen and oxygen atoms in total. The minimum atomic E-state index is -0.0205. The molecule has 1 amide bonds. The number of fused-ring (bicyclic) bond motifs is 1. The molecular weight excluding hydrogens is 260 g/mol. The number of amides is 1. The molecule has 0 aromatic heterocycles. The van der Waals surface area contributed by atoms with Gasteiger partial charge < -0.3 is 10.2 Å². The van der Waals surface area contributed by atoms with Crippen LogP contribution in [-0.4, -0.2) is 24.4 Å². The fourth-order valence-corrected chi connectivity index (χ4v) is 3.13. The summed E-state index contributed by atoms with van der Waals surface area (Å²) in [6.07, 6.45) is 0. The zero-order valence-corrected chi connectivity index (χ0v) is 12.5. The second kappa shape index (κ2) is 5.70. The molecule has 0 saturated heterocycles. The average molecular weight is 280 g/mol. The smallest absolute Gasteiger partial charge is 0.221 e. The van der Waals surface area contributed by atoms with Gasteiger partial charge in [0.1, 0.15) is 0 Å². The number of carbonyl (C=O) groups excluding carboxylic acids is 1. The van der Waals surface area contributed by atoms with Crippen molar-refractivity contribution in [1.82, 2.24) is 4.90 Å². The lowest BCUT2D eigenvalue weighted by molar-refractivity contribution is -0.114. The molecule has 0 bridgehead atoms. The Bertz CT molecular complexity index is 652. The zero-order valence-electron chi connectivity index (χ0n) is 12.5. The SMILES string of the molecule is CC(=O)Nc1cccc2c1CN(C)CC2c1ccccc1. The first-order valence-electron chi connectivity index (χ1n) is 7.28. The number of hydrogen-bond acceptors (Lipinski definition) is 2. The van der Waals surface area contributed by atoms with Gasteiger partial charge in [0, 0.05) is 31.6 Å². The van der Waals surface area contributed by atoms with Crippen LogP contribution in [0.5, 0.6) is 0 Å². The molecule has 1 aliphatic heterocycles. The molecule has 0 saturated carbocycles. The molecule has 1 unspecified atom stereocenters. The van der Waals surface area contributed by atoms with E-state index in [1.165, 1.54) is 16.7 Å². The zero-order chi connectivity index (χ0) is 14.8. The van der Waals surface area contributed by atoms with E-state index in [2.05, 4.69) is 47.6 Å². The van der Waals surface area contributed by atoms with Gasteiger partial charge in [-0.25, -0.2) is 0 Å². The third-order valence-electron chi connectivity index (χ3n) is 4.02. The van der Waals surface area contributed by atoms with Crippen LogP contribution in [0.15, 0.2) is 48.5 Å². The lowest BCUT2D eigenvalue weighted by Gasteiger charge is -2.34. The van der Waals surface area contributed by atoms with Crippen LogP contribution < -0.4 is 5.32 Å². The lowest BCUT2D eigenvalue weighted by atomic mass is 9.84. The highest BCUT2D eigenvalue weighted by Crippen LogP contribution is 2.36. The molecule has 108 valence electrons. The van der Waals surface area contributed by atoms with Crippen molar-refractivity contribution in [2.75, 3.05) is 18.9 Å². The van der Waals surface area contributed by atoms with Gasteiger partial charge in [-0.3, -0.25) is 4.79 Å². The van der Waals surface area contributed by atoms with Crippen molar-refractivity contribution in [3.8, 4) is 0 Å². The highest BCUT2D eigenvalue weighted by Gasteiger charge is 2.26. The first kappa shape index (κ1) is 13.8. The summed E-state index contributed by atoms with van der Waals surface area (Å²) in [6, 6.07) is 16.8. The first-order chi connectivity index (χ1) is 10.1. The van der Waals surface area contributed by atoms with E-state index in [9.17, 15) is 4.79 Å². The monoisotopic (exact) mass is 280 g/mol. The first-order valence-corrected chi connectivity index (χ1v) is 7.28. The van der Waals surface area contributed by atoms with Gasteiger partial charge in [0.2, 0.25) is 5.91 Å². The quantitative estimate of drug-likeness (QED) is 0.916. The van der Waals surface area contributed by atoms with Crippen LogP contribution in [-0.2, 0) is 11.3 Å². The Morgan fingerprint density at radius 2 is 1.90 bits per heavy atom. The summed E-state index contributed by atoms with van der Waals surface area (Å²) in [5.74, 6) is 0.335. The molecule has 1 aliphatic rings. The second-order valence-corrected chi connectivity index (χ2v) is 5.71. The molecule has 0 spiro atoms. The minimum absolute atomic E-state index is 0.0205. The maximum Gasteiger partial charge on any atom is 0.221 e. The maximum atomic E-state index is 11.4. The van der Waals surface area contributed by atoms with E-state index in [0.29, 0.717) is 5.92 Å². The van der Waals surface area contributed by atoms with Gasteiger partial charge in [0.05, 0.1) is 0 Å². The number of benzene rings is 2. The van der Waals surface area contributed by atoms with E-state index < -0.39 is 0 Å². The van der Waals surface area contributed by atoms with Crippen LogP contribution >= 0.6 is 0 Å². The van der Waals surface area contributed by atoms with E-state index in [0.717, 1.165) is 18.8 Å². The van der Waals surface area contributed by atoms with Gasteiger partial charge in [0.15, 0.2) is 0 Å². The third-order valence-corrected chi connectivity index (χ3v) is 4.02. The van der Waals surface area contributed by atoms with Gasteiger partial charge >= 0.3 is 0 Å². The van der Waals surface area contributed by atoms with E-state index in [-0.39, 0.29) is 5.91 Å². The van der Waals surface area contributed by atoms with Gasteiger partial charge in [-0.2, -0.15) is 0 Å². The molecule has 2 aromatic rings. The summed E-state index contributed by atoms with van der Waals surface area (Å²) in [6.45, 7) is 3.43.